The van der Waals surface area contributed by atoms with E-state index < -0.39 is 35.4 Å². The zero-order valence-corrected chi connectivity index (χ0v) is 40.9. The standard InChI is InChI=1S/C52H66ClN7O7/c1-31(33-12-14-34(15-13-33)40-22-24-55-32(40)2)57-46(64)42-26-38(61)29-60(42)47(65)44(50(3,4)5)58-43(62)30-66-25-11-10-23-56-37-19-16-35(17-20-37)45(63)59-48-51(6,7)49(52(48,8)9)67-39-21-18-36(28-54)41(53)27-39/h12-21,24,27,31,38,42,44,48-49,56,61H,10-11,22-23,25-26,29-30H2,1-9H3,(H,57,64)(H,58,62)(H,59,63)/t31-,38+,42-,44+,48?,49?/m0/s1. The minimum Gasteiger partial charge on any atom is -0.489 e. The maximum atomic E-state index is 14.1. The van der Waals surface area contributed by atoms with E-state index in [4.69, 9.17) is 21.1 Å². The van der Waals surface area contributed by atoms with Crippen molar-refractivity contribution >= 4 is 52.7 Å². The van der Waals surface area contributed by atoms with Gasteiger partial charge in [0, 0.05) is 78.6 Å². The summed E-state index contributed by atoms with van der Waals surface area (Å²) in [6.45, 7) is 18.4. The van der Waals surface area contributed by atoms with Crippen LogP contribution in [0.4, 0.5) is 5.69 Å². The number of ether oxygens (including phenoxy) is 2. The second-order valence-electron chi connectivity index (χ2n) is 20.3. The Morgan fingerprint density at radius 2 is 1.67 bits per heavy atom. The number of hydrogen-bond donors (Lipinski definition) is 5. The van der Waals surface area contributed by atoms with Crippen molar-refractivity contribution in [3.63, 3.8) is 0 Å². The first-order chi connectivity index (χ1) is 31.6. The molecule has 1 saturated carbocycles. The molecular formula is C52H66ClN7O7. The predicted octanol–water partition coefficient (Wildman–Crippen LogP) is 7.61. The molecule has 0 unspecified atom stereocenters. The van der Waals surface area contributed by atoms with Gasteiger partial charge in [0.1, 0.15) is 36.6 Å². The van der Waals surface area contributed by atoms with E-state index in [0.29, 0.717) is 41.5 Å². The van der Waals surface area contributed by atoms with Crippen molar-refractivity contribution < 1.29 is 33.8 Å². The van der Waals surface area contributed by atoms with Gasteiger partial charge in [-0.05, 0) is 85.2 Å². The van der Waals surface area contributed by atoms with Crippen LogP contribution in [-0.2, 0) is 19.1 Å². The molecule has 358 valence electrons. The van der Waals surface area contributed by atoms with E-state index in [-0.39, 0.29) is 60.4 Å². The summed E-state index contributed by atoms with van der Waals surface area (Å²) in [6, 6.07) is 20.0. The Hall–Kier alpha value is -5.75. The van der Waals surface area contributed by atoms with Crippen LogP contribution in [0.3, 0.4) is 0 Å². The molecule has 6 rings (SSSR count). The summed E-state index contributed by atoms with van der Waals surface area (Å²) in [5.41, 5.74) is 4.48. The van der Waals surface area contributed by atoms with Gasteiger partial charge in [0.15, 0.2) is 0 Å². The van der Waals surface area contributed by atoms with E-state index in [1.807, 2.05) is 77.2 Å². The monoisotopic (exact) mass is 935 g/mol. The largest absolute Gasteiger partial charge is 0.489 e. The summed E-state index contributed by atoms with van der Waals surface area (Å²) in [7, 11) is 0. The molecule has 2 heterocycles. The van der Waals surface area contributed by atoms with Gasteiger partial charge < -0.3 is 40.7 Å². The number of β-amino-alcohol motifs (C(OH)–C–C–N with tert-alkyl or cyclic N) is 1. The van der Waals surface area contributed by atoms with Gasteiger partial charge in [0.05, 0.1) is 22.7 Å². The maximum absolute atomic E-state index is 14.1. The number of aliphatic hydroxyl groups excluding tert-OH is 1. The molecule has 2 aliphatic heterocycles. The molecule has 3 aliphatic rings. The number of aliphatic hydroxyl groups is 1. The highest BCUT2D eigenvalue weighted by molar-refractivity contribution is 6.31. The van der Waals surface area contributed by atoms with Gasteiger partial charge in [-0.1, -0.05) is 84.3 Å². The summed E-state index contributed by atoms with van der Waals surface area (Å²) in [5.74, 6) is -0.853. The van der Waals surface area contributed by atoms with Gasteiger partial charge >= 0.3 is 0 Å². The Morgan fingerprint density at radius 1 is 0.985 bits per heavy atom. The zero-order valence-electron chi connectivity index (χ0n) is 40.2. The molecule has 0 radical (unpaired) electrons. The first kappa shape index (κ1) is 50.7. The van der Waals surface area contributed by atoms with Crippen LogP contribution >= 0.6 is 11.6 Å². The van der Waals surface area contributed by atoms with Crippen molar-refractivity contribution in [2.24, 2.45) is 21.2 Å². The molecule has 1 saturated heterocycles. The van der Waals surface area contributed by atoms with Gasteiger partial charge in [0.25, 0.3) is 5.91 Å². The Kier molecular flexibility index (Phi) is 15.9. The molecule has 5 N–H and O–H groups in total. The molecule has 0 aromatic heterocycles. The highest BCUT2D eigenvalue weighted by Crippen LogP contribution is 2.55. The van der Waals surface area contributed by atoms with Crippen LogP contribution in [0.15, 0.2) is 77.4 Å². The predicted molar refractivity (Wildman–Crippen MR) is 261 cm³/mol. The quantitative estimate of drug-likeness (QED) is 0.0799. The van der Waals surface area contributed by atoms with Crippen LogP contribution in [0.25, 0.3) is 5.57 Å². The molecular weight excluding hydrogens is 870 g/mol. The molecule has 14 nitrogen and oxygen atoms in total. The smallest absolute Gasteiger partial charge is 0.251 e. The molecule has 3 aromatic carbocycles. The topological polar surface area (TPSA) is 194 Å². The summed E-state index contributed by atoms with van der Waals surface area (Å²) >= 11 is 6.24. The first-order valence-electron chi connectivity index (χ1n) is 23.1. The average Bonchev–Trinajstić information content (AvgIpc) is 3.90. The van der Waals surface area contributed by atoms with Gasteiger partial charge in [-0.25, -0.2) is 0 Å². The number of hydrogen-bond acceptors (Lipinski definition) is 10. The molecule has 0 spiro atoms. The van der Waals surface area contributed by atoms with Crippen LogP contribution < -0.4 is 26.0 Å². The van der Waals surface area contributed by atoms with Crippen molar-refractivity contribution in [1.29, 1.82) is 5.26 Å². The third-order valence-electron chi connectivity index (χ3n) is 13.3. The Bertz CT molecular complexity index is 2390. The van der Waals surface area contributed by atoms with Crippen molar-refractivity contribution in [2.45, 2.75) is 124 Å². The summed E-state index contributed by atoms with van der Waals surface area (Å²) in [5, 5.41) is 32.6. The third kappa shape index (κ3) is 11.9. The number of benzene rings is 3. The number of nitriles is 1. The minimum absolute atomic E-state index is 0.0164. The fraction of sp³-hybridized carbons (Fsp3) is 0.500. The molecule has 67 heavy (non-hydrogen) atoms. The molecule has 15 heteroatoms. The lowest BCUT2D eigenvalue weighted by molar-refractivity contribution is -0.164. The zero-order chi connectivity index (χ0) is 48.8. The SMILES string of the molecule is CC1=C(c2ccc([C@H](C)NC(=O)[C@@H]3C[C@@H](O)CN3C(=O)[C@@H](NC(=O)COCCCCNc3ccc(C(=O)NC4C(C)(C)C(Oc5ccc(C#N)c(Cl)c5)C4(C)C)cc3)C(C)(C)C)cc2)CC=N1. The number of anilines is 1. The van der Waals surface area contributed by atoms with E-state index in [2.05, 4.69) is 60.0 Å². The van der Waals surface area contributed by atoms with E-state index >= 15 is 0 Å². The molecule has 4 amide bonds. The van der Waals surface area contributed by atoms with Gasteiger partial charge in [-0.15, -0.1) is 0 Å². The minimum atomic E-state index is -0.960. The van der Waals surface area contributed by atoms with Gasteiger partial charge in [-0.3, -0.25) is 24.2 Å². The van der Waals surface area contributed by atoms with Crippen LogP contribution in [0.1, 0.15) is 121 Å². The Labute approximate surface area is 399 Å². The normalized spacial score (nSPS) is 21.4. The van der Waals surface area contributed by atoms with Crippen molar-refractivity contribution in [1.82, 2.24) is 20.9 Å². The molecule has 1 aliphatic carbocycles. The van der Waals surface area contributed by atoms with E-state index in [9.17, 15) is 29.5 Å². The van der Waals surface area contributed by atoms with Crippen molar-refractivity contribution in [2.75, 3.05) is 31.6 Å². The summed E-state index contributed by atoms with van der Waals surface area (Å²) < 4.78 is 12.0. The maximum Gasteiger partial charge on any atom is 0.251 e. The van der Waals surface area contributed by atoms with Crippen LogP contribution in [-0.4, -0.2) is 96.5 Å². The number of aliphatic imine (C=N–C) groups is 1. The lowest BCUT2D eigenvalue weighted by atomic mass is 9.49. The fourth-order valence-corrected chi connectivity index (χ4v) is 10.0. The number of halogens is 1. The number of likely N-dealkylation sites (tertiary alicyclic amines) is 1. The lowest BCUT2D eigenvalue weighted by Gasteiger charge is -2.63. The van der Waals surface area contributed by atoms with Gasteiger partial charge in [0.2, 0.25) is 17.7 Å². The Balaban J connectivity index is 0.904. The van der Waals surface area contributed by atoms with Gasteiger partial charge in [-0.2, -0.15) is 5.26 Å². The van der Waals surface area contributed by atoms with Crippen molar-refractivity contribution in [3.8, 4) is 11.8 Å². The number of nitrogens with zero attached hydrogens (tertiary/aromatic N) is 3. The number of nitrogens with one attached hydrogen (secondary N) is 4. The first-order valence-corrected chi connectivity index (χ1v) is 23.5. The molecule has 0 bridgehead atoms. The van der Waals surface area contributed by atoms with E-state index in [1.54, 1.807) is 30.3 Å². The second kappa shape index (κ2) is 21.0. The number of carbonyl (C=O) groups excluding carboxylic acids is 4. The number of rotatable bonds is 18. The highest BCUT2D eigenvalue weighted by Gasteiger charge is 2.64. The number of amides is 4. The fourth-order valence-electron chi connectivity index (χ4n) is 9.79. The van der Waals surface area contributed by atoms with E-state index in [0.717, 1.165) is 35.4 Å². The van der Waals surface area contributed by atoms with Crippen LogP contribution in [0.2, 0.25) is 5.02 Å². The summed E-state index contributed by atoms with van der Waals surface area (Å²) in [6.07, 6.45) is 3.13. The average molecular weight is 937 g/mol. The molecule has 4 atom stereocenters. The highest BCUT2D eigenvalue weighted by atomic mass is 35.5. The number of carbonyl (C=O) groups is 4. The summed E-state index contributed by atoms with van der Waals surface area (Å²) in [4.78, 5) is 60.0. The number of allylic oxidation sites excluding steroid dienone is 2. The molecule has 3 aromatic rings. The second-order valence-corrected chi connectivity index (χ2v) is 20.7. The van der Waals surface area contributed by atoms with Crippen LogP contribution in [0.5, 0.6) is 5.75 Å². The molecule has 2 fully saturated rings. The van der Waals surface area contributed by atoms with Crippen molar-refractivity contribution in [3.05, 3.63) is 99.7 Å². The third-order valence-corrected chi connectivity index (χ3v) is 13.6. The number of unbranched alkanes of at least 4 members (excludes halogenated alkanes) is 1. The Morgan fingerprint density at radius 3 is 2.28 bits per heavy atom. The van der Waals surface area contributed by atoms with E-state index in [1.165, 1.54) is 10.5 Å². The van der Waals surface area contributed by atoms with Crippen LogP contribution in [0, 0.1) is 27.6 Å². The lowest BCUT2D eigenvalue weighted by Crippen LogP contribution is -2.74.